The molecule has 0 aromatic heterocycles. The Morgan fingerprint density at radius 3 is 2.40 bits per heavy atom. The molecule has 5 heteroatoms. The molecule has 1 atom stereocenters. The first-order valence-electron chi connectivity index (χ1n) is 6.04. The van der Waals surface area contributed by atoms with Crippen molar-refractivity contribution in [3.05, 3.63) is 68.8 Å². The summed E-state index contributed by atoms with van der Waals surface area (Å²) in [7, 11) is 0. The van der Waals surface area contributed by atoms with E-state index >= 15 is 0 Å². The summed E-state index contributed by atoms with van der Waals surface area (Å²) in [5.74, 6) is 0. The van der Waals surface area contributed by atoms with Gasteiger partial charge < -0.3 is 5.73 Å². The van der Waals surface area contributed by atoms with Crippen LogP contribution in [-0.2, 0) is 12.6 Å². The van der Waals surface area contributed by atoms with Gasteiger partial charge in [0.25, 0.3) is 0 Å². The average molecular weight is 391 g/mol. The van der Waals surface area contributed by atoms with Gasteiger partial charge in [0.15, 0.2) is 0 Å². The maximum absolute atomic E-state index is 12.7. The van der Waals surface area contributed by atoms with Crippen LogP contribution in [0, 0.1) is 3.57 Å². The van der Waals surface area contributed by atoms with Crippen LogP contribution in [0.2, 0.25) is 0 Å². The molecule has 0 radical (unpaired) electrons. The van der Waals surface area contributed by atoms with Gasteiger partial charge in [-0.05, 0) is 52.3 Å². The summed E-state index contributed by atoms with van der Waals surface area (Å²) in [6, 6.07) is 12.6. The number of benzene rings is 2. The summed E-state index contributed by atoms with van der Waals surface area (Å²) < 4.78 is 39.0. The highest BCUT2D eigenvalue weighted by Crippen LogP contribution is 2.30. The summed E-state index contributed by atoms with van der Waals surface area (Å²) in [4.78, 5) is 0. The topological polar surface area (TPSA) is 26.0 Å². The van der Waals surface area contributed by atoms with E-state index in [0.717, 1.165) is 21.3 Å². The zero-order chi connectivity index (χ0) is 14.8. The zero-order valence-corrected chi connectivity index (χ0v) is 12.6. The Labute approximate surface area is 129 Å². The molecule has 2 aromatic carbocycles. The maximum Gasteiger partial charge on any atom is 0.416 e. The molecule has 2 rings (SSSR count). The number of rotatable bonds is 3. The van der Waals surface area contributed by atoms with Gasteiger partial charge in [-0.2, -0.15) is 13.2 Å². The summed E-state index contributed by atoms with van der Waals surface area (Å²) in [5, 5.41) is 0. The summed E-state index contributed by atoms with van der Waals surface area (Å²) in [5.41, 5.74) is 7.01. The minimum absolute atomic E-state index is 0.313. The highest BCUT2D eigenvalue weighted by atomic mass is 127. The largest absolute Gasteiger partial charge is 0.416 e. The minimum atomic E-state index is -4.32. The SMILES string of the molecule is NC(Cc1cccc(C(F)(F)F)c1)c1ccccc1I. The fraction of sp³-hybridized carbons (Fsp3) is 0.200. The zero-order valence-electron chi connectivity index (χ0n) is 10.5. The Morgan fingerprint density at radius 1 is 1.05 bits per heavy atom. The van der Waals surface area contributed by atoms with Crippen LogP contribution in [0.15, 0.2) is 48.5 Å². The Bertz CT molecular complexity index is 596. The lowest BCUT2D eigenvalue weighted by molar-refractivity contribution is -0.137. The van der Waals surface area contributed by atoms with Crippen molar-refractivity contribution in [2.24, 2.45) is 5.73 Å². The van der Waals surface area contributed by atoms with E-state index in [9.17, 15) is 13.2 Å². The van der Waals surface area contributed by atoms with Crippen LogP contribution >= 0.6 is 22.6 Å². The molecule has 0 amide bonds. The fourth-order valence-electron chi connectivity index (χ4n) is 2.01. The van der Waals surface area contributed by atoms with Crippen molar-refractivity contribution in [1.29, 1.82) is 0 Å². The van der Waals surface area contributed by atoms with Crippen LogP contribution in [0.4, 0.5) is 13.2 Å². The van der Waals surface area contributed by atoms with Crippen molar-refractivity contribution < 1.29 is 13.2 Å². The molecule has 1 nitrogen and oxygen atoms in total. The molecule has 0 heterocycles. The van der Waals surface area contributed by atoms with E-state index in [1.807, 2.05) is 24.3 Å². The monoisotopic (exact) mass is 391 g/mol. The second-order valence-electron chi connectivity index (χ2n) is 4.53. The molecule has 0 saturated heterocycles. The van der Waals surface area contributed by atoms with Gasteiger partial charge in [0.1, 0.15) is 0 Å². The van der Waals surface area contributed by atoms with E-state index in [2.05, 4.69) is 22.6 Å². The highest BCUT2D eigenvalue weighted by molar-refractivity contribution is 14.1. The number of halogens is 4. The molecular formula is C15H13F3IN. The first-order valence-corrected chi connectivity index (χ1v) is 7.12. The van der Waals surface area contributed by atoms with E-state index < -0.39 is 11.7 Å². The van der Waals surface area contributed by atoms with Gasteiger partial charge in [-0.1, -0.05) is 36.4 Å². The third-order valence-electron chi connectivity index (χ3n) is 3.01. The van der Waals surface area contributed by atoms with Gasteiger partial charge in [-0.3, -0.25) is 0 Å². The third-order valence-corrected chi connectivity index (χ3v) is 4.00. The van der Waals surface area contributed by atoms with Gasteiger partial charge in [-0.15, -0.1) is 0 Å². The normalized spacial score (nSPS) is 13.2. The Hall–Kier alpha value is -1.08. The van der Waals surface area contributed by atoms with Gasteiger partial charge in [0, 0.05) is 9.61 Å². The van der Waals surface area contributed by atoms with Crippen LogP contribution in [0.3, 0.4) is 0 Å². The van der Waals surface area contributed by atoms with Crippen molar-refractivity contribution in [3.8, 4) is 0 Å². The number of alkyl halides is 3. The van der Waals surface area contributed by atoms with Gasteiger partial charge in [0.05, 0.1) is 5.56 Å². The van der Waals surface area contributed by atoms with E-state index in [1.54, 1.807) is 6.07 Å². The molecule has 1 unspecified atom stereocenters. The molecule has 0 aliphatic carbocycles. The lowest BCUT2D eigenvalue weighted by Gasteiger charge is -2.15. The van der Waals surface area contributed by atoms with Crippen molar-refractivity contribution in [1.82, 2.24) is 0 Å². The number of hydrogen-bond acceptors (Lipinski definition) is 1. The predicted molar refractivity (Wildman–Crippen MR) is 81.2 cm³/mol. The van der Waals surface area contributed by atoms with Gasteiger partial charge >= 0.3 is 6.18 Å². The third kappa shape index (κ3) is 3.73. The molecule has 0 spiro atoms. The first-order chi connectivity index (χ1) is 9.38. The van der Waals surface area contributed by atoms with E-state index in [4.69, 9.17) is 5.73 Å². The molecule has 2 aromatic rings. The minimum Gasteiger partial charge on any atom is -0.324 e. The maximum atomic E-state index is 12.7. The molecule has 0 fully saturated rings. The number of hydrogen-bond donors (Lipinski definition) is 1. The lowest BCUT2D eigenvalue weighted by atomic mass is 9.98. The van der Waals surface area contributed by atoms with E-state index in [-0.39, 0.29) is 6.04 Å². The smallest absolute Gasteiger partial charge is 0.324 e. The lowest BCUT2D eigenvalue weighted by Crippen LogP contribution is -2.15. The van der Waals surface area contributed by atoms with Crippen LogP contribution in [0.5, 0.6) is 0 Å². The number of nitrogens with two attached hydrogens (primary N) is 1. The van der Waals surface area contributed by atoms with Crippen LogP contribution < -0.4 is 5.73 Å². The van der Waals surface area contributed by atoms with Crippen molar-refractivity contribution in [3.63, 3.8) is 0 Å². The van der Waals surface area contributed by atoms with Crippen molar-refractivity contribution >= 4 is 22.6 Å². The Morgan fingerprint density at radius 2 is 1.75 bits per heavy atom. The first kappa shape index (κ1) is 15.3. The van der Waals surface area contributed by atoms with Crippen LogP contribution in [0.25, 0.3) is 0 Å². The molecule has 20 heavy (non-hydrogen) atoms. The van der Waals surface area contributed by atoms with Crippen LogP contribution in [0.1, 0.15) is 22.7 Å². The predicted octanol–water partition coefficient (Wildman–Crippen LogP) is 4.55. The van der Waals surface area contributed by atoms with Gasteiger partial charge in [0.2, 0.25) is 0 Å². The van der Waals surface area contributed by atoms with Gasteiger partial charge in [-0.25, -0.2) is 0 Å². The molecular weight excluding hydrogens is 378 g/mol. The molecule has 0 aliphatic rings. The van der Waals surface area contributed by atoms with E-state index in [1.165, 1.54) is 6.07 Å². The molecule has 2 N–H and O–H groups in total. The molecule has 106 valence electrons. The summed E-state index contributed by atoms with van der Waals surface area (Å²) >= 11 is 2.18. The Balaban J connectivity index is 2.20. The molecule has 0 aliphatic heterocycles. The highest BCUT2D eigenvalue weighted by Gasteiger charge is 2.30. The molecule has 0 bridgehead atoms. The molecule has 0 saturated carbocycles. The summed E-state index contributed by atoms with van der Waals surface area (Å²) in [6.07, 6.45) is -3.94. The Kier molecular flexibility index (Phi) is 4.70. The van der Waals surface area contributed by atoms with Crippen molar-refractivity contribution in [2.75, 3.05) is 0 Å². The average Bonchev–Trinajstić information content (AvgIpc) is 2.38. The van der Waals surface area contributed by atoms with Crippen LogP contribution in [-0.4, -0.2) is 0 Å². The standard InChI is InChI=1S/C15H13F3IN/c16-15(17,18)11-5-3-4-10(8-11)9-14(20)12-6-1-2-7-13(12)19/h1-8,14H,9,20H2. The second-order valence-corrected chi connectivity index (χ2v) is 5.69. The second kappa shape index (κ2) is 6.13. The quantitative estimate of drug-likeness (QED) is 0.764. The van der Waals surface area contributed by atoms with Crippen molar-refractivity contribution in [2.45, 2.75) is 18.6 Å². The summed E-state index contributed by atoms with van der Waals surface area (Å²) in [6.45, 7) is 0. The fourth-order valence-corrected chi connectivity index (χ4v) is 2.80. The van der Waals surface area contributed by atoms with E-state index in [0.29, 0.717) is 12.0 Å².